The number of nitrogens with zero attached hydrogens (tertiary/aromatic N) is 2. The molecule has 18 heavy (non-hydrogen) atoms. The Labute approximate surface area is 108 Å². The van der Waals surface area contributed by atoms with Crippen LogP contribution in [0.4, 0.5) is 5.69 Å². The van der Waals surface area contributed by atoms with E-state index >= 15 is 0 Å². The van der Waals surface area contributed by atoms with Crippen LogP contribution < -0.4 is 11.1 Å². The molecule has 100 valence electrons. The Morgan fingerprint density at radius 2 is 1.94 bits per heavy atom. The van der Waals surface area contributed by atoms with Crippen molar-refractivity contribution in [3.63, 3.8) is 0 Å². The molecule has 0 aliphatic carbocycles. The van der Waals surface area contributed by atoms with Crippen molar-refractivity contribution in [3.05, 3.63) is 18.2 Å². The van der Waals surface area contributed by atoms with Crippen LogP contribution in [0.3, 0.4) is 0 Å². The third-order valence-electron chi connectivity index (χ3n) is 2.43. The number of aromatic nitrogens is 2. The summed E-state index contributed by atoms with van der Waals surface area (Å²) < 4.78 is 0. The molecule has 1 atom stereocenters. The van der Waals surface area contributed by atoms with Crippen LogP contribution in [0.15, 0.2) is 12.4 Å². The van der Waals surface area contributed by atoms with Gasteiger partial charge < -0.3 is 11.1 Å². The van der Waals surface area contributed by atoms with Gasteiger partial charge in [0.25, 0.3) is 0 Å². The van der Waals surface area contributed by atoms with Gasteiger partial charge >= 0.3 is 0 Å². The topological polar surface area (TPSA) is 80.9 Å². The second-order valence-corrected chi connectivity index (χ2v) is 5.61. The minimum Gasteiger partial charge on any atom is -0.328 e. The van der Waals surface area contributed by atoms with E-state index in [9.17, 15) is 4.79 Å². The molecule has 5 nitrogen and oxygen atoms in total. The van der Waals surface area contributed by atoms with Gasteiger partial charge in [0.2, 0.25) is 5.91 Å². The molecule has 3 N–H and O–H groups in total. The lowest BCUT2D eigenvalue weighted by atomic mass is 9.96. The summed E-state index contributed by atoms with van der Waals surface area (Å²) in [5.74, 6) is 0.704. The number of anilines is 1. The van der Waals surface area contributed by atoms with E-state index in [1.807, 2.05) is 27.7 Å². The normalized spacial score (nSPS) is 13.2. The van der Waals surface area contributed by atoms with E-state index in [0.29, 0.717) is 18.5 Å². The summed E-state index contributed by atoms with van der Waals surface area (Å²) in [5, 5.41) is 2.76. The van der Waals surface area contributed by atoms with E-state index < -0.39 is 0 Å². The smallest absolute Gasteiger partial charge is 0.224 e. The summed E-state index contributed by atoms with van der Waals surface area (Å²) in [5.41, 5.74) is 6.13. The maximum Gasteiger partial charge on any atom is 0.224 e. The van der Waals surface area contributed by atoms with E-state index in [4.69, 9.17) is 5.73 Å². The Bertz CT molecular complexity index is 392. The zero-order valence-corrected chi connectivity index (χ0v) is 11.5. The molecule has 0 spiro atoms. The Morgan fingerprint density at radius 3 is 2.39 bits per heavy atom. The molecule has 1 heterocycles. The molecule has 0 saturated carbocycles. The third-order valence-corrected chi connectivity index (χ3v) is 2.43. The van der Waals surface area contributed by atoms with Gasteiger partial charge in [-0.15, -0.1) is 0 Å². The van der Waals surface area contributed by atoms with E-state index in [2.05, 4.69) is 15.3 Å². The highest BCUT2D eigenvalue weighted by atomic mass is 16.1. The Kier molecular flexibility index (Phi) is 4.78. The van der Waals surface area contributed by atoms with Gasteiger partial charge in [-0.2, -0.15) is 0 Å². The van der Waals surface area contributed by atoms with Crippen LogP contribution in [0.1, 0.15) is 46.4 Å². The fourth-order valence-electron chi connectivity index (χ4n) is 1.36. The van der Waals surface area contributed by atoms with Gasteiger partial charge in [0.1, 0.15) is 5.82 Å². The van der Waals surface area contributed by atoms with Crippen molar-refractivity contribution in [1.29, 1.82) is 0 Å². The fourth-order valence-corrected chi connectivity index (χ4v) is 1.36. The van der Waals surface area contributed by atoms with Gasteiger partial charge in [-0.25, -0.2) is 9.97 Å². The number of carbonyl (C=O) groups excluding carboxylic acids is 1. The minimum absolute atomic E-state index is 0.0373. The van der Waals surface area contributed by atoms with Crippen LogP contribution in [0, 0.1) is 0 Å². The third kappa shape index (κ3) is 4.79. The number of hydrogen-bond acceptors (Lipinski definition) is 4. The van der Waals surface area contributed by atoms with Crippen LogP contribution >= 0.6 is 0 Å². The molecule has 1 rings (SSSR count). The SMILES string of the molecule is CC(N)CCC(=O)Nc1cnc(C(C)(C)C)nc1. The number of nitrogens with one attached hydrogen (secondary N) is 1. The summed E-state index contributed by atoms with van der Waals surface area (Å²) in [6.07, 6.45) is 4.36. The minimum atomic E-state index is -0.0858. The van der Waals surface area contributed by atoms with E-state index in [-0.39, 0.29) is 17.4 Å². The second kappa shape index (κ2) is 5.91. The maximum absolute atomic E-state index is 11.6. The average Bonchev–Trinajstić information content (AvgIpc) is 2.26. The summed E-state index contributed by atoms with van der Waals surface area (Å²) in [6, 6.07) is 0.0373. The molecule has 1 aromatic heterocycles. The van der Waals surface area contributed by atoms with Crippen molar-refractivity contribution < 1.29 is 4.79 Å². The summed E-state index contributed by atoms with van der Waals surface area (Å²) in [6.45, 7) is 8.02. The van der Waals surface area contributed by atoms with Gasteiger partial charge in [-0.05, 0) is 13.3 Å². The Morgan fingerprint density at radius 1 is 1.39 bits per heavy atom. The van der Waals surface area contributed by atoms with Crippen LogP contribution in [0.25, 0.3) is 0 Å². The van der Waals surface area contributed by atoms with Crippen LogP contribution in [-0.2, 0) is 10.2 Å². The summed E-state index contributed by atoms with van der Waals surface area (Å²) in [7, 11) is 0. The first-order valence-corrected chi connectivity index (χ1v) is 6.17. The van der Waals surface area contributed by atoms with Crippen molar-refractivity contribution in [2.45, 2.75) is 52.0 Å². The molecular formula is C13H22N4O. The van der Waals surface area contributed by atoms with E-state index in [1.54, 1.807) is 12.4 Å². The molecule has 1 amide bonds. The first-order valence-electron chi connectivity index (χ1n) is 6.17. The molecule has 0 radical (unpaired) electrons. The van der Waals surface area contributed by atoms with E-state index in [0.717, 1.165) is 5.82 Å². The maximum atomic E-state index is 11.6. The van der Waals surface area contributed by atoms with Gasteiger partial charge in [0, 0.05) is 17.9 Å². The lowest BCUT2D eigenvalue weighted by Gasteiger charge is -2.16. The molecule has 0 aliphatic heterocycles. The molecule has 0 aliphatic rings. The predicted molar refractivity (Wildman–Crippen MR) is 72.2 cm³/mol. The highest BCUT2D eigenvalue weighted by molar-refractivity contribution is 5.90. The van der Waals surface area contributed by atoms with Gasteiger partial charge in [0.05, 0.1) is 18.1 Å². The summed E-state index contributed by atoms with van der Waals surface area (Å²) >= 11 is 0. The monoisotopic (exact) mass is 250 g/mol. The first kappa shape index (κ1) is 14.6. The van der Waals surface area contributed by atoms with E-state index in [1.165, 1.54) is 0 Å². The van der Waals surface area contributed by atoms with Crippen LogP contribution in [0.5, 0.6) is 0 Å². The molecule has 0 saturated heterocycles. The van der Waals surface area contributed by atoms with Crippen molar-refractivity contribution in [2.75, 3.05) is 5.32 Å². The highest BCUT2D eigenvalue weighted by Gasteiger charge is 2.16. The lowest BCUT2D eigenvalue weighted by Crippen LogP contribution is -2.20. The predicted octanol–water partition coefficient (Wildman–Crippen LogP) is 1.84. The highest BCUT2D eigenvalue weighted by Crippen LogP contribution is 2.18. The van der Waals surface area contributed by atoms with Crippen molar-refractivity contribution in [3.8, 4) is 0 Å². The fraction of sp³-hybridized carbons (Fsp3) is 0.615. The molecule has 0 bridgehead atoms. The summed E-state index contributed by atoms with van der Waals surface area (Å²) in [4.78, 5) is 20.1. The zero-order valence-electron chi connectivity index (χ0n) is 11.5. The average molecular weight is 250 g/mol. The van der Waals surface area contributed by atoms with Crippen molar-refractivity contribution >= 4 is 11.6 Å². The van der Waals surface area contributed by atoms with Crippen molar-refractivity contribution in [2.24, 2.45) is 5.73 Å². The largest absolute Gasteiger partial charge is 0.328 e. The Hall–Kier alpha value is -1.49. The van der Waals surface area contributed by atoms with Gasteiger partial charge in [-0.3, -0.25) is 4.79 Å². The number of hydrogen-bond donors (Lipinski definition) is 2. The number of amides is 1. The number of rotatable bonds is 4. The quantitative estimate of drug-likeness (QED) is 0.854. The standard InChI is InChI=1S/C13H22N4O/c1-9(14)5-6-11(18)17-10-7-15-12(16-8-10)13(2,3)4/h7-9H,5-6,14H2,1-4H3,(H,17,18). The van der Waals surface area contributed by atoms with Gasteiger partial charge in [-0.1, -0.05) is 20.8 Å². The molecule has 1 unspecified atom stereocenters. The molecular weight excluding hydrogens is 228 g/mol. The van der Waals surface area contributed by atoms with Gasteiger partial charge in [0.15, 0.2) is 0 Å². The lowest BCUT2D eigenvalue weighted by molar-refractivity contribution is -0.116. The molecule has 0 aromatic carbocycles. The number of nitrogens with two attached hydrogens (primary N) is 1. The van der Waals surface area contributed by atoms with Crippen LogP contribution in [0.2, 0.25) is 0 Å². The Balaban J connectivity index is 2.56. The van der Waals surface area contributed by atoms with Crippen LogP contribution in [-0.4, -0.2) is 21.9 Å². The second-order valence-electron chi connectivity index (χ2n) is 5.61. The number of carbonyl (C=O) groups is 1. The first-order chi connectivity index (χ1) is 8.29. The van der Waals surface area contributed by atoms with Crippen molar-refractivity contribution in [1.82, 2.24) is 9.97 Å². The molecule has 1 aromatic rings. The molecule has 0 fully saturated rings. The molecule has 5 heteroatoms. The zero-order chi connectivity index (χ0) is 13.8.